The molecular weight excluding hydrogens is 278 g/mol. The van der Waals surface area contributed by atoms with Gasteiger partial charge < -0.3 is 5.11 Å². The zero-order chi connectivity index (χ0) is 10.8. The van der Waals surface area contributed by atoms with Crippen molar-refractivity contribution in [1.29, 1.82) is 0 Å². The number of phenolic OH excluding ortho intramolecular Hbond substituents is 1. The highest BCUT2D eigenvalue weighted by Gasteiger charge is 2.09. The van der Waals surface area contributed by atoms with Gasteiger partial charge in [0.15, 0.2) is 6.29 Å². The summed E-state index contributed by atoms with van der Waals surface area (Å²) in [4.78, 5) is 14.5. The summed E-state index contributed by atoms with van der Waals surface area (Å²) >= 11 is 4.64. The lowest BCUT2D eigenvalue weighted by molar-refractivity contribution is 0.111. The molecule has 0 saturated carbocycles. The van der Waals surface area contributed by atoms with Gasteiger partial charge in [-0.15, -0.1) is 11.3 Å². The molecule has 15 heavy (non-hydrogen) atoms. The van der Waals surface area contributed by atoms with Crippen molar-refractivity contribution >= 4 is 33.6 Å². The van der Waals surface area contributed by atoms with Crippen molar-refractivity contribution in [2.75, 3.05) is 0 Å². The number of phenols is 1. The molecule has 0 aliphatic carbocycles. The summed E-state index contributed by atoms with van der Waals surface area (Å²) in [6.07, 6.45) is 0.690. The lowest BCUT2D eigenvalue weighted by atomic mass is 10.2. The van der Waals surface area contributed by atoms with E-state index in [1.54, 1.807) is 23.6 Å². The Morgan fingerprint density at radius 3 is 2.93 bits per heavy atom. The highest BCUT2D eigenvalue weighted by atomic mass is 79.9. The number of thiazole rings is 1. The minimum Gasteiger partial charge on any atom is -0.507 e. The normalized spacial score (nSPS) is 10.2. The minimum atomic E-state index is 0.157. The van der Waals surface area contributed by atoms with Crippen LogP contribution in [0.5, 0.6) is 5.75 Å². The fraction of sp³-hybridized carbons (Fsp3) is 0. The second kappa shape index (κ2) is 4.12. The molecule has 0 amide bonds. The van der Waals surface area contributed by atoms with E-state index in [0.29, 0.717) is 22.6 Å². The number of benzene rings is 1. The van der Waals surface area contributed by atoms with Crippen LogP contribution in [0.3, 0.4) is 0 Å². The number of aromatic nitrogens is 1. The van der Waals surface area contributed by atoms with Crippen LogP contribution in [-0.4, -0.2) is 16.4 Å². The molecule has 1 N–H and O–H groups in total. The molecule has 0 radical (unpaired) electrons. The molecule has 1 aromatic heterocycles. The molecule has 0 atom stereocenters. The van der Waals surface area contributed by atoms with Crippen LogP contribution >= 0.6 is 27.3 Å². The summed E-state index contributed by atoms with van der Waals surface area (Å²) in [5, 5.41) is 11.9. The molecule has 0 aliphatic heterocycles. The Labute approximate surface area is 98.5 Å². The predicted molar refractivity (Wildman–Crippen MR) is 62.3 cm³/mol. The topological polar surface area (TPSA) is 50.2 Å². The lowest BCUT2D eigenvalue weighted by Gasteiger charge is -2.00. The second-order valence-electron chi connectivity index (χ2n) is 2.86. The van der Waals surface area contributed by atoms with Gasteiger partial charge in [-0.25, -0.2) is 4.98 Å². The van der Waals surface area contributed by atoms with E-state index >= 15 is 0 Å². The molecule has 0 aliphatic rings. The Hall–Kier alpha value is -1.20. The van der Waals surface area contributed by atoms with Gasteiger partial charge in [0.1, 0.15) is 16.5 Å². The number of carbonyl (C=O) groups is 1. The van der Waals surface area contributed by atoms with E-state index in [9.17, 15) is 9.90 Å². The van der Waals surface area contributed by atoms with Gasteiger partial charge in [-0.05, 0) is 18.2 Å². The van der Waals surface area contributed by atoms with Gasteiger partial charge in [0, 0.05) is 9.85 Å². The quantitative estimate of drug-likeness (QED) is 0.862. The molecule has 0 bridgehead atoms. The van der Waals surface area contributed by atoms with Crippen molar-refractivity contribution in [3.63, 3.8) is 0 Å². The van der Waals surface area contributed by atoms with Crippen LogP contribution in [0.25, 0.3) is 10.6 Å². The van der Waals surface area contributed by atoms with Crippen molar-refractivity contribution in [3.05, 3.63) is 33.7 Å². The number of carbonyl (C=O) groups excluding carboxylic acids is 1. The highest BCUT2D eigenvalue weighted by Crippen LogP contribution is 2.33. The van der Waals surface area contributed by atoms with Gasteiger partial charge in [-0.3, -0.25) is 4.79 Å². The Morgan fingerprint density at radius 2 is 2.27 bits per heavy atom. The zero-order valence-corrected chi connectivity index (χ0v) is 9.88. The van der Waals surface area contributed by atoms with Crippen LogP contribution in [0.15, 0.2) is 28.1 Å². The van der Waals surface area contributed by atoms with Crippen LogP contribution in [-0.2, 0) is 0 Å². The average molecular weight is 284 g/mol. The van der Waals surface area contributed by atoms with Gasteiger partial charge in [-0.1, -0.05) is 15.9 Å². The molecule has 0 fully saturated rings. The number of nitrogens with zero attached hydrogens (tertiary/aromatic N) is 1. The number of rotatable bonds is 2. The fourth-order valence-electron chi connectivity index (χ4n) is 1.14. The Morgan fingerprint density at radius 1 is 1.47 bits per heavy atom. The van der Waals surface area contributed by atoms with Gasteiger partial charge in [-0.2, -0.15) is 0 Å². The monoisotopic (exact) mass is 283 g/mol. The van der Waals surface area contributed by atoms with Crippen LogP contribution in [0.1, 0.15) is 10.5 Å². The van der Waals surface area contributed by atoms with Crippen molar-refractivity contribution in [2.45, 2.75) is 0 Å². The Balaban J connectivity index is 2.52. The Kier molecular flexibility index (Phi) is 2.83. The number of hydrogen-bond donors (Lipinski definition) is 1. The highest BCUT2D eigenvalue weighted by molar-refractivity contribution is 9.10. The summed E-state index contributed by atoms with van der Waals surface area (Å²) in [5.74, 6) is 0.157. The summed E-state index contributed by atoms with van der Waals surface area (Å²) < 4.78 is 0.859. The Bertz CT molecular complexity index is 510. The first kappa shape index (κ1) is 10.3. The maximum absolute atomic E-state index is 10.5. The zero-order valence-electron chi connectivity index (χ0n) is 7.48. The van der Waals surface area contributed by atoms with E-state index in [1.807, 2.05) is 0 Å². The van der Waals surface area contributed by atoms with Crippen molar-refractivity contribution in [3.8, 4) is 16.3 Å². The largest absolute Gasteiger partial charge is 0.507 e. The second-order valence-corrected chi connectivity index (χ2v) is 4.63. The molecule has 1 heterocycles. The standard InChI is InChI=1S/C10H6BrNO2S/c11-6-1-2-9(14)8(3-6)10-12-7(4-13)5-15-10/h1-5,14H. The maximum Gasteiger partial charge on any atom is 0.169 e. The number of hydrogen-bond acceptors (Lipinski definition) is 4. The third kappa shape index (κ3) is 2.08. The van der Waals surface area contributed by atoms with E-state index in [4.69, 9.17) is 0 Å². The van der Waals surface area contributed by atoms with Gasteiger partial charge in [0.05, 0.1) is 5.56 Å². The minimum absolute atomic E-state index is 0.157. The number of halogens is 1. The first-order valence-corrected chi connectivity index (χ1v) is 5.77. The fourth-order valence-corrected chi connectivity index (χ4v) is 2.29. The lowest BCUT2D eigenvalue weighted by Crippen LogP contribution is -1.81. The number of aldehydes is 1. The molecule has 0 spiro atoms. The van der Waals surface area contributed by atoms with Gasteiger partial charge in [0.2, 0.25) is 0 Å². The summed E-state index contributed by atoms with van der Waals surface area (Å²) in [5.41, 5.74) is 1.01. The molecule has 0 saturated heterocycles. The van der Waals surface area contributed by atoms with Crippen LogP contribution in [0.4, 0.5) is 0 Å². The van der Waals surface area contributed by atoms with Crippen molar-refractivity contribution in [1.82, 2.24) is 4.98 Å². The summed E-state index contributed by atoms with van der Waals surface area (Å²) in [6, 6.07) is 5.09. The predicted octanol–water partition coefficient (Wildman–Crippen LogP) is 3.09. The third-order valence-electron chi connectivity index (χ3n) is 1.83. The molecule has 0 unspecified atom stereocenters. The van der Waals surface area contributed by atoms with Crippen LogP contribution < -0.4 is 0 Å². The first-order chi connectivity index (χ1) is 7.20. The van der Waals surface area contributed by atoms with E-state index in [1.165, 1.54) is 11.3 Å². The number of aromatic hydroxyl groups is 1. The van der Waals surface area contributed by atoms with Crippen molar-refractivity contribution < 1.29 is 9.90 Å². The average Bonchev–Trinajstić information content (AvgIpc) is 2.70. The SMILES string of the molecule is O=Cc1csc(-c2cc(Br)ccc2O)n1. The third-order valence-corrected chi connectivity index (χ3v) is 3.22. The summed E-state index contributed by atoms with van der Waals surface area (Å²) in [7, 11) is 0. The van der Waals surface area contributed by atoms with E-state index in [0.717, 1.165) is 4.47 Å². The molecule has 2 rings (SSSR count). The molecule has 3 nitrogen and oxygen atoms in total. The van der Waals surface area contributed by atoms with Gasteiger partial charge >= 0.3 is 0 Å². The molecule has 5 heteroatoms. The van der Waals surface area contributed by atoms with Crippen LogP contribution in [0.2, 0.25) is 0 Å². The molecule has 1 aromatic carbocycles. The van der Waals surface area contributed by atoms with Crippen LogP contribution in [0, 0.1) is 0 Å². The molecule has 2 aromatic rings. The van der Waals surface area contributed by atoms with E-state index in [-0.39, 0.29) is 5.75 Å². The first-order valence-electron chi connectivity index (χ1n) is 4.10. The molecular formula is C10H6BrNO2S. The van der Waals surface area contributed by atoms with Gasteiger partial charge in [0.25, 0.3) is 0 Å². The molecule has 76 valence electrons. The van der Waals surface area contributed by atoms with E-state index < -0.39 is 0 Å². The van der Waals surface area contributed by atoms with E-state index in [2.05, 4.69) is 20.9 Å². The maximum atomic E-state index is 10.5. The summed E-state index contributed by atoms with van der Waals surface area (Å²) in [6.45, 7) is 0. The smallest absolute Gasteiger partial charge is 0.169 e. The van der Waals surface area contributed by atoms with Crippen molar-refractivity contribution in [2.24, 2.45) is 0 Å².